The van der Waals surface area contributed by atoms with Crippen LogP contribution in [0.5, 0.6) is 0 Å². The van der Waals surface area contributed by atoms with Crippen LogP contribution >= 0.6 is 0 Å². The number of aromatic nitrogens is 5. The molecule has 0 unspecified atom stereocenters. The van der Waals surface area contributed by atoms with Crippen molar-refractivity contribution in [2.75, 3.05) is 5.32 Å². The molecule has 30 heavy (non-hydrogen) atoms. The van der Waals surface area contributed by atoms with Crippen molar-refractivity contribution in [2.24, 2.45) is 5.73 Å². The van der Waals surface area contributed by atoms with Crippen molar-refractivity contribution in [3.8, 4) is 22.5 Å². The molecule has 7 nitrogen and oxygen atoms in total. The van der Waals surface area contributed by atoms with Crippen LogP contribution < -0.4 is 11.1 Å². The van der Waals surface area contributed by atoms with E-state index in [2.05, 4.69) is 36.8 Å². The minimum Gasteiger partial charge on any atom is -0.351 e. The molecular formula is C23H25N7. The summed E-state index contributed by atoms with van der Waals surface area (Å²) in [5.74, 6) is 0.665. The molecule has 5 rings (SSSR count). The highest BCUT2D eigenvalue weighted by molar-refractivity contribution is 5.70. The van der Waals surface area contributed by atoms with Gasteiger partial charge >= 0.3 is 0 Å². The number of nitrogens with two attached hydrogens (primary N) is 1. The predicted octanol–water partition coefficient (Wildman–Crippen LogP) is 3.84. The van der Waals surface area contributed by atoms with Gasteiger partial charge in [-0.05, 0) is 61.9 Å². The molecule has 1 fully saturated rings. The number of pyridine rings is 2. The molecule has 3 N–H and O–H groups in total. The highest BCUT2D eigenvalue weighted by Gasteiger charge is 2.20. The molecule has 4 aromatic heterocycles. The molecule has 4 heterocycles. The van der Waals surface area contributed by atoms with Crippen LogP contribution in [0.1, 0.15) is 31.2 Å². The maximum Gasteiger partial charge on any atom is 0.223 e. The Balaban J connectivity index is 1.46. The topological polar surface area (TPSA) is 94.0 Å². The summed E-state index contributed by atoms with van der Waals surface area (Å²) in [6.07, 6.45) is 13.6. The molecule has 0 aromatic carbocycles. The van der Waals surface area contributed by atoms with E-state index in [1.807, 2.05) is 43.8 Å². The number of rotatable bonds is 4. The first-order chi connectivity index (χ1) is 14.7. The fraction of sp³-hybridized carbons (Fsp3) is 0.304. The van der Waals surface area contributed by atoms with Gasteiger partial charge in [0.15, 0.2) is 0 Å². The molecule has 7 heteroatoms. The first-order valence-electron chi connectivity index (χ1n) is 10.4. The predicted molar refractivity (Wildman–Crippen MR) is 118 cm³/mol. The fourth-order valence-corrected chi connectivity index (χ4v) is 4.09. The van der Waals surface area contributed by atoms with E-state index in [1.54, 1.807) is 6.20 Å². The Morgan fingerprint density at radius 3 is 2.70 bits per heavy atom. The fourth-order valence-electron chi connectivity index (χ4n) is 4.09. The first kappa shape index (κ1) is 18.7. The van der Waals surface area contributed by atoms with E-state index < -0.39 is 0 Å². The van der Waals surface area contributed by atoms with E-state index in [9.17, 15) is 0 Å². The van der Waals surface area contributed by atoms with E-state index in [-0.39, 0.29) is 0 Å². The van der Waals surface area contributed by atoms with Crippen LogP contribution in [0.25, 0.3) is 28.2 Å². The first-order valence-corrected chi connectivity index (χ1v) is 10.4. The number of nitrogens with one attached hydrogen (secondary N) is 1. The van der Waals surface area contributed by atoms with Crippen molar-refractivity contribution in [2.45, 2.75) is 44.7 Å². The van der Waals surface area contributed by atoms with Gasteiger partial charge in [0.05, 0.1) is 17.6 Å². The third-order valence-corrected chi connectivity index (χ3v) is 5.83. The Bertz CT molecular complexity index is 1160. The average Bonchev–Trinajstić information content (AvgIpc) is 3.20. The molecule has 0 spiro atoms. The maximum atomic E-state index is 6.03. The highest BCUT2D eigenvalue weighted by atomic mass is 15.1. The number of imidazole rings is 1. The van der Waals surface area contributed by atoms with Crippen molar-refractivity contribution >= 4 is 11.6 Å². The Labute approximate surface area is 175 Å². The van der Waals surface area contributed by atoms with Crippen LogP contribution in [0, 0.1) is 6.92 Å². The number of hydrogen-bond acceptors (Lipinski definition) is 6. The van der Waals surface area contributed by atoms with Gasteiger partial charge < -0.3 is 11.1 Å². The molecule has 1 aliphatic rings. The molecule has 0 amide bonds. The Morgan fingerprint density at radius 2 is 1.90 bits per heavy atom. The van der Waals surface area contributed by atoms with Crippen molar-refractivity contribution < 1.29 is 0 Å². The van der Waals surface area contributed by atoms with E-state index in [0.29, 0.717) is 18.0 Å². The van der Waals surface area contributed by atoms with Crippen molar-refractivity contribution in [3.05, 3.63) is 60.8 Å². The average molecular weight is 400 g/mol. The summed E-state index contributed by atoms with van der Waals surface area (Å²) in [5, 5.41) is 3.50. The summed E-state index contributed by atoms with van der Waals surface area (Å²) in [5.41, 5.74) is 11.9. The minimum absolute atomic E-state index is 0.326. The van der Waals surface area contributed by atoms with E-state index in [4.69, 9.17) is 10.7 Å². The number of anilines is 1. The molecule has 1 saturated carbocycles. The summed E-state index contributed by atoms with van der Waals surface area (Å²) < 4.78 is 2.07. The van der Waals surface area contributed by atoms with Crippen LogP contribution in [0.15, 0.2) is 55.2 Å². The lowest BCUT2D eigenvalue weighted by Crippen LogP contribution is -2.33. The number of nitrogens with zero attached hydrogens (tertiary/aromatic N) is 5. The third kappa shape index (κ3) is 3.64. The van der Waals surface area contributed by atoms with Gasteiger partial charge in [0.25, 0.3) is 0 Å². The number of aryl methyl sites for hydroxylation is 1. The number of hydrogen-bond donors (Lipinski definition) is 2. The second-order valence-corrected chi connectivity index (χ2v) is 8.01. The molecular weight excluding hydrogens is 374 g/mol. The van der Waals surface area contributed by atoms with Gasteiger partial charge in [0.1, 0.15) is 5.65 Å². The number of fused-ring (bicyclic) bond motifs is 1. The Morgan fingerprint density at radius 1 is 1.03 bits per heavy atom. The van der Waals surface area contributed by atoms with Gasteiger partial charge in [0, 0.05) is 42.4 Å². The summed E-state index contributed by atoms with van der Waals surface area (Å²) in [6.45, 7) is 2.03. The lowest BCUT2D eigenvalue weighted by molar-refractivity contribution is 0.410. The molecule has 0 saturated heterocycles. The van der Waals surface area contributed by atoms with Gasteiger partial charge in [-0.15, -0.1) is 0 Å². The van der Waals surface area contributed by atoms with Gasteiger partial charge in [-0.1, -0.05) is 6.07 Å². The lowest BCUT2D eigenvalue weighted by atomic mass is 9.92. The summed E-state index contributed by atoms with van der Waals surface area (Å²) in [6, 6.07) is 8.84. The minimum atomic E-state index is 0.326. The molecule has 4 aromatic rings. The monoisotopic (exact) mass is 399 g/mol. The molecule has 0 bridgehead atoms. The third-order valence-electron chi connectivity index (χ3n) is 5.83. The summed E-state index contributed by atoms with van der Waals surface area (Å²) in [7, 11) is 0. The molecule has 152 valence electrons. The van der Waals surface area contributed by atoms with Gasteiger partial charge in [-0.25, -0.2) is 15.0 Å². The van der Waals surface area contributed by atoms with Gasteiger partial charge in [-0.3, -0.25) is 9.38 Å². The summed E-state index contributed by atoms with van der Waals surface area (Å²) >= 11 is 0. The van der Waals surface area contributed by atoms with Gasteiger partial charge in [-0.2, -0.15) is 0 Å². The van der Waals surface area contributed by atoms with E-state index >= 15 is 0 Å². The van der Waals surface area contributed by atoms with Crippen molar-refractivity contribution in [1.29, 1.82) is 0 Å². The van der Waals surface area contributed by atoms with Crippen LogP contribution in [0.3, 0.4) is 0 Å². The van der Waals surface area contributed by atoms with Gasteiger partial charge in [0.2, 0.25) is 5.95 Å². The highest BCUT2D eigenvalue weighted by Crippen LogP contribution is 2.27. The second-order valence-electron chi connectivity index (χ2n) is 8.01. The largest absolute Gasteiger partial charge is 0.351 e. The van der Waals surface area contributed by atoms with Crippen LogP contribution in [0.4, 0.5) is 5.95 Å². The Hall–Kier alpha value is -3.32. The maximum absolute atomic E-state index is 6.03. The zero-order chi connectivity index (χ0) is 20.5. The van der Waals surface area contributed by atoms with Crippen LogP contribution in [-0.4, -0.2) is 36.4 Å². The molecule has 0 aliphatic heterocycles. The lowest BCUT2D eigenvalue weighted by Gasteiger charge is -2.26. The normalized spacial score (nSPS) is 19.1. The standard InChI is InChI=1S/C23H25N7/c1-15-12-27-23(28-19-6-4-18(24)5-7-19)29-22(15)20-14-26-21-11-16(8-10-30(20)21)17-3-2-9-25-13-17/h2-3,8-14,18-19H,4-7,24H2,1H3,(H,27,28,29). The molecule has 1 aliphatic carbocycles. The molecule has 0 atom stereocenters. The van der Waals surface area contributed by atoms with E-state index in [1.165, 1.54) is 0 Å². The van der Waals surface area contributed by atoms with Crippen molar-refractivity contribution in [1.82, 2.24) is 24.3 Å². The zero-order valence-corrected chi connectivity index (χ0v) is 17.0. The zero-order valence-electron chi connectivity index (χ0n) is 17.0. The van der Waals surface area contributed by atoms with Crippen LogP contribution in [-0.2, 0) is 0 Å². The SMILES string of the molecule is Cc1cnc(NC2CCC(N)CC2)nc1-c1cnc2cc(-c3cccnc3)ccn12. The van der Waals surface area contributed by atoms with Crippen molar-refractivity contribution in [3.63, 3.8) is 0 Å². The summed E-state index contributed by atoms with van der Waals surface area (Å²) in [4.78, 5) is 18.2. The second kappa shape index (κ2) is 7.84. The quantitative estimate of drug-likeness (QED) is 0.541. The van der Waals surface area contributed by atoms with Crippen LogP contribution in [0.2, 0.25) is 0 Å². The van der Waals surface area contributed by atoms with E-state index in [0.717, 1.165) is 59.4 Å². The molecule has 0 radical (unpaired) electrons. The Kier molecular flexibility index (Phi) is 4.88. The smallest absolute Gasteiger partial charge is 0.223 e.